The molecule has 3 heterocycles. The summed E-state index contributed by atoms with van der Waals surface area (Å²) in [4.78, 5) is 31.3. The minimum Gasteiger partial charge on any atom is -0.372 e. The molecule has 2 aromatic heterocycles. The fourth-order valence-electron chi connectivity index (χ4n) is 3.24. The topological polar surface area (TPSA) is 138 Å². The van der Waals surface area contributed by atoms with Crippen molar-refractivity contribution in [2.24, 2.45) is 0 Å². The molecule has 16 heteroatoms. The first-order chi connectivity index (χ1) is 18.4. The average Bonchev–Trinajstić information content (AvgIpc) is 3.56. The monoisotopic (exact) mass is 545 g/mol. The van der Waals surface area contributed by atoms with E-state index in [0.29, 0.717) is 22.6 Å². The Balaban J connectivity index is 0.000000265. The predicted octanol–water partition coefficient (Wildman–Crippen LogP) is 2.11. The Labute approximate surface area is 225 Å². The van der Waals surface area contributed by atoms with Gasteiger partial charge in [0.05, 0.1) is 33.3 Å². The molecule has 2 fully saturated rings. The number of H-pyrrole nitrogens is 1. The summed E-state index contributed by atoms with van der Waals surface area (Å²) in [6.07, 6.45) is 0.384. The smallest absolute Gasteiger partial charge is 0.372 e. The second kappa shape index (κ2) is 13.0. The number of imidazole rings is 1. The van der Waals surface area contributed by atoms with E-state index in [2.05, 4.69) is 40.3 Å². The van der Waals surface area contributed by atoms with E-state index in [0.717, 1.165) is 5.56 Å². The van der Waals surface area contributed by atoms with Gasteiger partial charge < -0.3 is 25.3 Å². The van der Waals surface area contributed by atoms with E-state index in [1.165, 1.54) is 31.2 Å². The van der Waals surface area contributed by atoms with Gasteiger partial charge in [-0.1, -0.05) is 30.5 Å². The number of carbonyl (C=O) groups excluding carboxylic acids is 2. The van der Waals surface area contributed by atoms with Gasteiger partial charge in [-0.3, -0.25) is 4.79 Å². The van der Waals surface area contributed by atoms with Gasteiger partial charge >= 0.3 is 12.2 Å². The van der Waals surface area contributed by atoms with Crippen LogP contribution in [0.5, 0.6) is 0 Å². The summed E-state index contributed by atoms with van der Waals surface area (Å²) >= 11 is 0. The maximum absolute atomic E-state index is 12.0. The Morgan fingerprint density at radius 3 is 2.51 bits per heavy atom. The third kappa shape index (κ3) is 9.30. The molecule has 0 unspecified atom stereocenters. The van der Waals surface area contributed by atoms with Crippen molar-refractivity contribution in [3.8, 4) is 0 Å². The van der Waals surface area contributed by atoms with Gasteiger partial charge in [0, 0.05) is 26.6 Å². The van der Waals surface area contributed by atoms with Gasteiger partial charge in [0.25, 0.3) is 5.91 Å². The molecule has 0 bridgehead atoms. The molecule has 1 saturated carbocycles. The lowest BCUT2D eigenvalue weighted by molar-refractivity contribution is -0.173. The number of carbonyl (C=O) groups is 2. The number of nitrogens with one attached hydrogen (secondary N) is 3. The number of aromatic amines is 1. The SMILES string of the molecule is C1CC1.CNC(=O)c1nonc1C.[B]C1([B])CNC(=O)N1Cc1ccc2nc(CCOCC(F)(F)F)[nH]c2c1. The summed E-state index contributed by atoms with van der Waals surface area (Å²) in [6.45, 7) is 0.650. The first-order valence-corrected chi connectivity index (χ1v) is 12.2. The minimum atomic E-state index is -4.34. The van der Waals surface area contributed by atoms with Gasteiger partial charge in [-0.25, -0.2) is 14.4 Å². The maximum atomic E-state index is 12.0. The average molecular weight is 545 g/mol. The number of amides is 3. The van der Waals surface area contributed by atoms with Crippen LogP contribution in [0.2, 0.25) is 0 Å². The summed E-state index contributed by atoms with van der Waals surface area (Å²) in [5.74, 6) is 0.240. The van der Waals surface area contributed by atoms with Crippen molar-refractivity contribution in [2.45, 2.75) is 50.7 Å². The molecule has 1 aliphatic carbocycles. The number of halogens is 3. The number of ether oxygens (including phenoxy) is 1. The minimum absolute atomic E-state index is 0.0942. The van der Waals surface area contributed by atoms with Crippen LogP contribution in [-0.4, -0.2) is 91.1 Å². The standard InChI is InChI=1S/C15H15B2F3N4O2.C5H7N3O2.C3H6/c16-14(17)7-21-13(25)24(14)6-9-1-2-10-11(5-9)23-12(22-10)3-4-26-8-15(18,19)20;1-3-4(5(9)6-2)8-10-7-3;1-2-3-1/h1-2,5H,3-4,6-8H2,(H,21,25)(H,22,23);1-2H3,(H,6,9);1-3H2. The first kappa shape index (κ1) is 30.0. The van der Waals surface area contributed by atoms with Crippen LogP contribution in [0.25, 0.3) is 11.0 Å². The van der Waals surface area contributed by atoms with Gasteiger partial charge in [0.1, 0.15) is 18.1 Å². The third-order valence-electron chi connectivity index (χ3n) is 5.40. The number of hydrogen-bond donors (Lipinski definition) is 3. The fourth-order valence-corrected chi connectivity index (χ4v) is 3.24. The fraction of sp³-hybridized carbons (Fsp3) is 0.522. The van der Waals surface area contributed by atoms with Crippen LogP contribution in [0.3, 0.4) is 0 Å². The Morgan fingerprint density at radius 1 is 1.26 bits per heavy atom. The van der Waals surface area contributed by atoms with Crippen LogP contribution >= 0.6 is 0 Å². The van der Waals surface area contributed by atoms with Gasteiger partial charge in [0.2, 0.25) is 0 Å². The van der Waals surface area contributed by atoms with E-state index in [9.17, 15) is 22.8 Å². The van der Waals surface area contributed by atoms with Crippen LogP contribution in [0.4, 0.5) is 18.0 Å². The molecule has 11 nitrogen and oxygen atoms in total. The molecule has 3 amide bonds. The second-order valence-electron chi connectivity index (χ2n) is 9.03. The second-order valence-corrected chi connectivity index (χ2v) is 9.03. The number of nitrogens with zero attached hydrogens (tertiary/aromatic N) is 4. The van der Waals surface area contributed by atoms with E-state index in [4.69, 9.17) is 15.7 Å². The van der Waals surface area contributed by atoms with Crippen molar-refractivity contribution in [3.63, 3.8) is 0 Å². The van der Waals surface area contributed by atoms with Crippen molar-refractivity contribution >= 4 is 38.7 Å². The lowest BCUT2D eigenvalue weighted by atomic mass is 9.61. The molecule has 1 aliphatic heterocycles. The highest BCUT2D eigenvalue weighted by Crippen LogP contribution is 2.21. The number of aromatic nitrogens is 4. The number of urea groups is 1. The first-order valence-electron chi connectivity index (χ1n) is 12.2. The van der Waals surface area contributed by atoms with Crippen molar-refractivity contribution in [3.05, 3.63) is 41.0 Å². The highest BCUT2D eigenvalue weighted by Gasteiger charge is 2.36. The Bertz CT molecular complexity index is 1260. The third-order valence-corrected chi connectivity index (χ3v) is 5.40. The Kier molecular flexibility index (Phi) is 10.0. The van der Waals surface area contributed by atoms with Crippen molar-refractivity contribution < 1.29 is 32.1 Å². The predicted molar refractivity (Wildman–Crippen MR) is 136 cm³/mol. The Hall–Kier alpha value is -3.55. The molecule has 1 saturated heterocycles. The largest absolute Gasteiger partial charge is 0.411 e. The van der Waals surface area contributed by atoms with E-state index in [1.807, 2.05) is 0 Å². The van der Waals surface area contributed by atoms with Gasteiger partial charge in [-0.15, -0.1) is 0 Å². The zero-order valence-corrected chi connectivity index (χ0v) is 21.6. The number of fused-ring (bicyclic) bond motifs is 1. The number of rotatable bonds is 7. The summed E-state index contributed by atoms with van der Waals surface area (Å²) in [7, 11) is 13.3. The summed E-state index contributed by atoms with van der Waals surface area (Å²) in [6, 6.07) is 4.99. The maximum Gasteiger partial charge on any atom is 0.411 e. The van der Waals surface area contributed by atoms with E-state index >= 15 is 0 Å². The quantitative estimate of drug-likeness (QED) is 0.306. The number of hydrogen-bond acceptors (Lipinski definition) is 7. The molecule has 1 aromatic carbocycles. The zero-order chi connectivity index (χ0) is 28.6. The summed E-state index contributed by atoms with van der Waals surface area (Å²) in [5.41, 5.74) is 2.89. The molecule has 2 aliphatic rings. The van der Waals surface area contributed by atoms with Crippen LogP contribution in [0.15, 0.2) is 22.8 Å². The molecular weight excluding hydrogens is 517 g/mol. The van der Waals surface area contributed by atoms with Crippen molar-refractivity contribution in [2.75, 3.05) is 26.8 Å². The highest BCUT2D eigenvalue weighted by atomic mass is 19.4. The van der Waals surface area contributed by atoms with Gasteiger partial charge in [-0.05, 0) is 35.1 Å². The summed E-state index contributed by atoms with van der Waals surface area (Å²) in [5, 5.41) is 10.6. The van der Waals surface area contributed by atoms with Crippen LogP contribution in [-0.2, 0) is 17.7 Å². The summed E-state index contributed by atoms with van der Waals surface area (Å²) < 4.78 is 45.0. The van der Waals surface area contributed by atoms with Crippen molar-refractivity contribution in [1.82, 2.24) is 35.8 Å². The van der Waals surface area contributed by atoms with Gasteiger partial charge in [0.15, 0.2) is 5.69 Å². The normalized spacial score (nSPS) is 15.6. The van der Waals surface area contributed by atoms with E-state index in [1.54, 1.807) is 25.1 Å². The number of benzene rings is 1. The van der Waals surface area contributed by atoms with E-state index in [-0.39, 0.29) is 43.7 Å². The molecule has 4 radical (unpaired) electrons. The van der Waals surface area contributed by atoms with E-state index < -0.39 is 18.1 Å². The van der Waals surface area contributed by atoms with Crippen LogP contribution < -0.4 is 10.6 Å². The van der Waals surface area contributed by atoms with Crippen molar-refractivity contribution in [1.29, 1.82) is 0 Å². The lowest BCUT2D eigenvalue weighted by Gasteiger charge is -2.31. The highest BCUT2D eigenvalue weighted by molar-refractivity contribution is 6.41. The van der Waals surface area contributed by atoms with Crippen LogP contribution in [0.1, 0.15) is 46.8 Å². The zero-order valence-electron chi connectivity index (χ0n) is 21.6. The molecule has 0 spiro atoms. The molecule has 206 valence electrons. The Morgan fingerprint density at radius 2 is 1.97 bits per heavy atom. The van der Waals surface area contributed by atoms with Crippen LogP contribution in [0, 0.1) is 6.92 Å². The van der Waals surface area contributed by atoms with Gasteiger partial charge in [-0.2, -0.15) is 13.2 Å². The molecule has 0 atom stereocenters. The number of aryl methyl sites for hydroxylation is 1. The molecular formula is C23H28B2F3N7O4. The number of alkyl halides is 3. The lowest BCUT2D eigenvalue weighted by Crippen LogP contribution is -2.47. The molecule has 3 N–H and O–H groups in total. The molecule has 39 heavy (non-hydrogen) atoms. The molecule has 3 aromatic rings. The molecule has 5 rings (SSSR count).